The zero-order valence-electron chi connectivity index (χ0n) is 12.8. The van der Waals surface area contributed by atoms with Crippen molar-refractivity contribution in [2.24, 2.45) is 12.8 Å². The van der Waals surface area contributed by atoms with Crippen LogP contribution in [0, 0.1) is 6.92 Å². The molecule has 1 aromatic rings. The molecule has 108 valence electrons. The summed E-state index contributed by atoms with van der Waals surface area (Å²) in [7, 11) is 4.20. The Labute approximate surface area is 116 Å². The van der Waals surface area contributed by atoms with Crippen LogP contribution in [0.1, 0.15) is 31.1 Å². The second kappa shape index (κ2) is 5.61. The fourth-order valence-corrected chi connectivity index (χ4v) is 3.02. The molecule has 2 N–H and O–H groups in total. The van der Waals surface area contributed by atoms with Gasteiger partial charge in [-0.2, -0.15) is 5.10 Å². The first-order valence-electron chi connectivity index (χ1n) is 7.10. The second-order valence-electron chi connectivity index (χ2n) is 5.88. The number of rotatable bonds is 3. The molecule has 1 aliphatic rings. The van der Waals surface area contributed by atoms with Crippen LogP contribution >= 0.6 is 0 Å². The Morgan fingerprint density at radius 1 is 1.32 bits per heavy atom. The quantitative estimate of drug-likeness (QED) is 0.876. The summed E-state index contributed by atoms with van der Waals surface area (Å²) in [5.74, 6) is 0. The maximum absolute atomic E-state index is 6.05. The van der Waals surface area contributed by atoms with Crippen LogP contribution in [0.25, 0.3) is 0 Å². The third-order valence-corrected chi connectivity index (χ3v) is 4.68. The van der Waals surface area contributed by atoms with E-state index in [9.17, 15) is 0 Å². The molecule has 0 saturated carbocycles. The largest absolute Gasteiger partial charge is 0.329 e. The molecule has 5 heteroatoms. The van der Waals surface area contributed by atoms with Crippen molar-refractivity contribution in [3.05, 3.63) is 17.5 Å². The lowest BCUT2D eigenvalue weighted by Gasteiger charge is -2.45. The molecular weight excluding hydrogens is 238 g/mol. The average Bonchev–Trinajstić information content (AvgIpc) is 2.69. The number of hydrogen-bond donors (Lipinski definition) is 1. The van der Waals surface area contributed by atoms with Gasteiger partial charge in [0, 0.05) is 50.0 Å². The van der Waals surface area contributed by atoms with Crippen molar-refractivity contribution in [2.45, 2.75) is 38.9 Å². The Hall–Kier alpha value is -0.910. The minimum Gasteiger partial charge on any atom is -0.329 e. The van der Waals surface area contributed by atoms with Crippen molar-refractivity contribution >= 4 is 0 Å². The van der Waals surface area contributed by atoms with Gasteiger partial charge in [0.1, 0.15) is 0 Å². The summed E-state index contributed by atoms with van der Waals surface area (Å²) < 4.78 is 1.93. The fraction of sp³-hybridized carbons (Fsp3) is 0.786. The highest BCUT2D eigenvalue weighted by Crippen LogP contribution is 2.26. The van der Waals surface area contributed by atoms with E-state index in [2.05, 4.69) is 42.7 Å². The normalized spacial score (nSPS) is 27.7. The summed E-state index contributed by atoms with van der Waals surface area (Å²) in [5, 5.41) is 4.36. The van der Waals surface area contributed by atoms with E-state index < -0.39 is 0 Å². The van der Waals surface area contributed by atoms with E-state index in [1.54, 1.807) is 0 Å². The molecule has 1 aliphatic heterocycles. The molecule has 1 fully saturated rings. The molecule has 2 rings (SSSR count). The van der Waals surface area contributed by atoms with Gasteiger partial charge in [0.2, 0.25) is 0 Å². The van der Waals surface area contributed by atoms with Crippen LogP contribution in [0.4, 0.5) is 0 Å². The van der Waals surface area contributed by atoms with E-state index in [4.69, 9.17) is 5.73 Å². The van der Waals surface area contributed by atoms with Gasteiger partial charge in [-0.15, -0.1) is 0 Å². The van der Waals surface area contributed by atoms with Gasteiger partial charge in [-0.25, -0.2) is 0 Å². The predicted octanol–water partition coefficient (Wildman–Crippen LogP) is 0.753. The van der Waals surface area contributed by atoms with Gasteiger partial charge in [0.15, 0.2) is 0 Å². The molecular formula is C14H27N5. The highest BCUT2D eigenvalue weighted by atomic mass is 15.3. The summed E-state index contributed by atoms with van der Waals surface area (Å²) in [6, 6.07) is 1.41. The summed E-state index contributed by atoms with van der Waals surface area (Å²) in [5.41, 5.74) is 8.54. The maximum Gasteiger partial charge on any atom is 0.0540 e. The Morgan fingerprint density at radius 3 is 2.32 bits per heavy atom. The Balaban J connectivity index is 2.21. The Morgan fingerprint density at radius 2 is 1.89 bits per heavy atom. The van der Waals surface area contributed by atoms with Crippen LogP contribution in [0.5, 0.6) is 0 Å². The molecule has 0 radical (unpaired) electrons. The standard InChI is InChI=1S/C14H27N5/c1-10-8-19(9-11(2)17(10)4)14(6-15)13-7-16-18(5)12(13)3/h7,10-11,14H,6,8-9,15H2,1-5H3. The monoisotopic (exact) mass is 265 g/mol. The lowest BCUT2D eigenvalue weighted by Crippen LogP contribution is -2.56. The van der Waals surface area contributed by atoms with E-state index >= 15 is 0 Å². The predicted molar refractivity (Wildman–Crippen MR) is 78.0 cm³/mol. The number of aromatic nitrogens is 2. The number of piperazine rings is 1. The van der Waals surface area contributed by atoms with Gasteiger partial charge >= 0.3 is 0 Å². The molecule has 2 heterocycles. The number of likely N-dealkylation sites (N-methyl/N-ethyl adjacent to an activating group) is 1. The number of hydrogen-bond acceptors (Lipinski definition) is 4. The van der Waals surface area contributed by atoms with Crippen molar-refractivity contribution in [1.29, 1.82) is 0 Å². The number of nitrogens with zero attached hydrogens (tertiary/aromatic N) is 4. The molecule has 3 atom stereocenters. The van der Waals surface area contributed by atoms with Crippen molar-refractivity contribution < 1.29 is 0 Å². The average molecular weight is 265 g/mol. The van der Waals surface area contributed by atoms with Crippen LogP contribution in [0.2, 0.25) is 0 Å². The number of aryl methyl sites for hydroxylation is 1. The lowest BCUT2D eigenvalue weighted by molar-refractivity contribution is 0.0350. The summed E-state index contributed by atoms with van der Waals surface area (Å²) in [4.78, 5) is 4.96. The highest BCUT2D eigenvalue weighted by molar-refractivity contribution is 5.21. The molecule has 0 aromatic carbocycles. The van der Waals surface area contributed by atoms with Crippen molar-refractivity contribution in [3.63, 3.8) is 0 Å². The zero-order chi connectivity index (χ0) is 14.2. The molecule has 0 bridgehead atoms. The van der Waals surface area contributed by atoms with E-state index in [-0.39, 0.29) is 6.04 Å². The van der Waals surface area contributed by atoms with Gasteiger partial charge in [-0.1, -0.05) is 0 Å². The SMILES string of the molecule is Cc1c(C(CN)N2CC(C)N(C)C(C)C2)cnn1C. The molecule has 19 heavy (non-hydrogen) atoms. The fourth-order valence-electron chi connectivity index (χ4n) is 3.02. The van der Waals surface area contributed by atoms with Gasteiger partial charge < -0.3 is 5.73 Å². The smallest absolute Gasteiger partial charge is 0.0540 e. The zero-order valence-corrected chi connectivity index (χ0v) is 12.8. The molecule has 1 aromatic heterocycles. The first kappa shape index (κ1) is 14.5. The third-order valence-electron chi connectivity index (χ3n) is 4.68. The van der Waals surface area contributed by atoms with Gasteiger partial charge in [0.05, 0.1) is 12.2 Å². The Kier molecular flexibility index (Phi) is 4.28. The van der Waals surface area contributed by atoms with E-state index in [0.717, 1.165) is 13.1 Å². The van der Waals surface area contributed by atoms with Crippen LogP contribution < -0.4 is 5.73 Å². The highest BCUT2D eigenvalue weighted by Gasteiger charge is 2.32. The van der Waals surface area contributed by atoms with Gasteiger partial charge in [0.25, 0.3) is 0 Å². The molecule has 5 nitrogen and oxygen atoms in total. The summed E-state index contributed by atoms with van der Waals surface area (Å²) >= 11 is 0. The Bertz CT molecular complexity index is 415. The molecule has 3 unspecified atom stereocenters. The molecule has 0 aliphatic carbocycles. The topological polar surface area (TPSA) is 50.3 Å². The van der Waals surface area contributed by atoms with E-state index in [1.807, 2.05) is 17.9 Å². The summed E-state index contributed by atoms with van der Waals surface area (Å²) in [6.45, 7) is 9.47. The third kappa shape index (κ3) is 2.68. The minimum atomic E-state index is 0.285. The second-order valence-corrected chi connectivity index (χ2v) is 5.88. The lowest BCUT2D eigenvalue weighted by atomic mass is 10.0. The van der Waals surface area contributed by atoms with Crippen LogP contribution in [0.15, 0.2) is 6.20 Å². The minimum absolute atomic E-state index is 0.285. The molecule has 1 saturated heterocycles. The van der Waals surface area contributed by atoms with Crippen LogP contribution in [0.3, 0.4) is 0 Å². The number of nitrogens with two attached hydrogens (primary N) is 1. The van der Waals surface area contributed by atoms with Crippen LogP contribution in [-0.4, -0.2) is 58.3 Å². The van der Waals surface area contributed by atoms with Crippen molar-refractivity contribution in [2.75, 3.05) is 26.7 Å². The van der Waals surface area contributed by atoms with Gasteiger partial charge in [-0.3, -0.25) is 14.5 Å². The first-order chi connectivity index (χ1) is 8.95. The molecule has 0 spiro atoms. The van der Waals surface area contributed by atoms with E-state index in [1.165, 1.54) is 11.3 Å². The first-order valence-corrected chi connectivity index (χ1v) is 7.10. The molecule has 0 amide bonds. The van der Waals surface area contributed by atoms with Crippen molar-refractivity contribution in [1.82, 2.24) is 19.6 Å². The maximum atomic E-state index is 6.05. The van der Waals surface area contributed by atoms with Crippen LogP contribution in [-0.2, 0) is 7.05 Å². The van der Waals surface area contributed by atoms with E-state index in [0.29, 0.717) is 18.6 Å². The summed E-state index contributed by atoms with van der Waals surface area (Å²) in [6.07, 6.45) is 1.97. The van der Waals surface area contributed by atoms with Crippen molar-refractivity contribution in [3.8, 4) is 0 Å². The van der Waals surface area contributed by atoms with Gasteiger partial charge in [-0.05, 0) is 27.8 Å².